The lowest BCUT2D eigenvalue weighted by Crippen LogP contribution is -2.26. The monoisotopic (exact) mass is 261 g/mol. The standard InChI is InChI=1S/C9H15N3O4S/c1-4-5-7(13)10-6(2)8-11-12-9(16-8)17(3,14)15/h6H,4-5H2,1-3H3,(H,10,13)/t6-/m0/s1. The van der Waals surface area contributed by atoms with Crippen molar-refractivity contribution in [3.63, 3.8) is 0 Å². The van der Waals surface area contributed by atoms with Gasteiger partial charge in [0, 0.05) is 12.7 Å². The van der Waals surface area contributed by atoms with Crippen molar-refractivity contribution < 1.29 is 17.6 Å². The van der Waals surface area contributed by atoms with Gasteiger partial charge in [0.1, 0.15) is 6.04 Å². The van der Waals surface area contributed by atoms with Crippen molar-refractivity contribution in [3.05, 3.63) is 5.89 Å². The zero-order chi connectivity index (χ0) is 13.1. The zero-order valence-corrected chi connectivity index (χ0v) is 10.7. The fourth-order valence-corrected chi connectivity index (χ4v) is 1.57. The largest absolute Gasteiger partial charge is 0.410 e. The fraction of sp³-hybridized carbons (Fsp3) is 0.667. The molecule has 1 rings (SSSR count). The van der Waals surface area contributed by atoms with Crippen LogP contribution in [0.3, 0.4) is 0 Å². The summed E-state index contributed by atoms with van der Waals surface area (Å²) < 4.78 is 27.2. The summed E-state index contributed by atoms with van der Waals surface area (Å²) in [6.45, 7) is 3.53. The molecule has 0 spiro atoms. The lowest BCUT2D eigenvalue weighted by molar-refractivity contribution is -0.121. The first kappa shape index (κ1) is 13.6. The van der Waals surface area contributed by atoms with Crippen molar-refractivity contribution in [1.82, 2.24) is 15.5 Å². The maximum absolute atomic E-state index is 11.3. The van der Waals surface area contributed by atoms with Crippen LogP contribution >= 0.6 is 0 Å². The van der Waals surface area contributed by atoms with E-state index in [1.807, 2.05) is 6.92 Å². The minimum Gasteiger partial charge on any atom is -0.410 e. The molecule has 0 aromatic carbocycles. The summed E-state index contributed by atoms with van der Waals surface area (Å²) in [5.41, 5.74) is 0. The van der Waals surface area contributed by atoms with Crippen LogP contribution in [0.25, 0.3) is 0 Å². The molecule has 8 heteroatoms. The SMILES string of the molecule is CCCC(=O)N[C@@H](C)c1nnc(S(C)(=O)=O)o1. The molecule has 0 fully saturated rings. The Morgan fingerprint density at radius 1 is 1.47 bits per heavy atom. The van der Waals surface area contributed by atoms with Crippen LogP contribution < -0.4 is 5.32 Å². The van der Waals surface area contributed by atoms with Crippen LogP contribution in [0, 0.1) is 0 Å². The first-order chi connectivity index (χ1) is 7.84. The molecule has 0 aliphatic carbocycles. The molecule has 1 aromatic heterocycles. The Kier molecular flexibility index (Phi) is 4.22. The van der Waals surface area contributed by atoms with Crippen molar-refractivity contribution >= 4 is 15.7 Å². The molecule has 96 valence electrons. The Morgan fingerprint density at radius 2 is 2.12 bits per heavy atom. The number of carbonyl (C=O) groups is 1. The molecule has 1 amide bonds. The zero-order valence-electron chi connectivity index (χ0n) is 9.93. The number of aromatic nitrogens is 2. The Balaban J connectivity index is 2.74. The molecule has 0 radical (unpaired) electrons. The van der Waals surface area contributed by atoms with Crippen LogP contribution in [0.1, 0.15) is 38.6 Å². The summed E-state index contributed by atoms with van der Waals surface area (Å²) in [6.07, 6.45) is 2.11. The summed E-state index contributed by atoms with van der Waals surface area (Å²) in [6, 6.07) is -0.503. The van der Waals surface area contributed by atoms with E-state index in [1.54, 1.807) is 6.92 Å². The second-order valence-electron chi connectivity index (χ2n) is 3.72. The normalized spacial score (nSPS) is 13.4. The van der Waals surface area contributed by atoms with Gasteiger partial charge in [0.15, 0.2) is 0 Å². The van der Waals surface area contributed by atoms with Crippen LogP contribution in [-0.4, -0.2) is 30.8 Å². The molecule has 0 bridgehead atoms. The number of hydrogen-bond acceptors (Lipinski definition) is 6. The van der Waals surface area contributed by atoms with E-state index in [4.69, 9.17) is 4.42 Å². The smallest absolute Gasteiger partial charge is 0.335 e. The van der Waals surface area contributed by atoms with Gasteiger partial charge in [-0.25, -0.2) is 8.42 Å². The number of rotatable bonds is 5. The minimum atomic E-state index is -3.51. The summed E-state index contributed by atoms with van der Waals surface area (Å²) >= 11 is 0. The first-order valence-electron chi connectivity index (χ1n) is 5.17. The van der Waals surface area contributed by atoms with E-state index in [9.17, 15) is 13.2 Å². The van der Waals surface area contributed by atoms with Gasteiger partial charge in [0.2, 0.25) is 21.6 Å². The van der Waals surface area contributed by atoms with Gasteiger partial charge in [0.05, 0.1) is 0 Å². The number of nitrogens with zero attached hydrogens (tertiary/aromatic N) is 2. The maximum atomic E-state index is 11.3. The van der Waals surface area contributed by atoms with Crippen LogP contribution in [0.4, 0.5) is 0 Å². The Bertz CT molecular complexity index is 494. The van der Waals surface area contributed by atoms with E-state index < -0.39 is 21.1 Å². The average molecular weight is 261 g/mol. The fourth-order valence-electron chi connectivity index (χ4n) is 1.15. The molecule has 17 heavy (non-hydrogen) atoms. The predicted octanol–water partition coefficient (Wildman–Crippen LogP) is 0.450. The maximum Gasteiger partial charge on any atom is 0.335 e. The molecule has 1 aromatic rings. The third-order valence-corrected chi connectivity index (χ3v) is 2.76. The number of nitrogens with one attached hydrogen (secondary N) is 1. The highest BCUT2D eigenvalue weighted by Gasteiger charge is 2.20. The minimum absolute atomic E-state index is 0.0786. The third kappa shape index (κ3) is 3.81. The Labute approximate surface area is 99.5 Å². The van der Waals surface area contributed by atoms with Crippen molar-refractivity contribution in [2.45, 2.75) is 38.0 Å². The van der Waals surface area contributed by atoms with Crippen molar-refractivity contribution in [1.29, 1.82) is 0 Å². The second-order valence-corrected chi connectivity index (χ2v) is 5.61. The van der Waals surface area contributed by atoms with Crippen LogP contribution in [0.2, 0.25) is 0 Å². The molecule has 0 aliphatic rings. The van der Waals surface area contributed by atoms with Crippen LogP contribution in [-0.2, 0) is 14.6 Å². The molecule has 0 unspecified atom stereocenters. The van der Waals surface area contributed by atoms with Gasteiger partial charge in [-0.3, -0.25) is 4.79 Å². The van der Waals surface area contributed by atoms with Gasteiger partial charge < -0.3 is 9.73 Å². The lowest BCUT2D eigenvalue weighted by Gasteiger charge is -2.08. The highest BCUT2D eigenvalue weighted by atomic mass is 32.2. The van der Waals surface area contributed by atoms with Gasteiger partial charge in [-0.2, -0.15) is 0 Å². The molecular formula is C9H15N3O4S. The third-order valence-electron chi connectivity index (χ3n) is 1.96. The highest BCUT2D eigenvalue weighted by Crippen LogP contribution is 2.13. The van der Waals surface area contributed by atoms with Gasteiger partial charge in [0.25, 0.3) is 0 Å². The van der Waals surface area contributed by atoms with Crippen LogP contribution in [0.5, 0.6) is 0 Å². The molecular weight excluding hydrogens is 246 g/mol. The molecule has 1 heterocycles. The van der Waals surface area contributed by atoms with E-state index in [0.717, 1.165) is 12.7 Å². The topological polar surface area (TPSA) is 102 Å². The van der Waals surface area contributed by atoms with Gasteiger partial charge in [-0.05, 0) is 13.3 Å². The molecule has 0 saturated carbocycles. The predicted molar refractivity (Wildman–Crippen MR) is 58.9 cm³/mol. The highest BCUT2D eigenvalue weighted by molar-refractivity contribution is 7.90. The molecule has 1 atom stereocenters. The summed E-state index contributed by atoms with van der Waals surface area (Å²) in [4.78, 5) is 11.3. The molecule has 7 nitrogen and oxygen atoms in total. The van der Waals surface area contributed by atoms with Gasteiger partial charge in [-0.15, -0.1) is 5.10 Å². The van der Waals surface area contributed by atoms with E-state index >= 15 is 0 Å². The molecule has 0 saturated heterocycles. The van der Waals surface area contributed by atoms with Crippen LogP contribution in [0.15, 0.2) is 9.64 Å². The first-order valence-corrected chi connectivity index (χ1v) is 7.06. The van der Waals surface area contributed by atoms with E-state index in [1.165, 1.54) is 0 Å². The lowest BCUT2D eigenvalue weighted by atomic mass is 10.3. The number of hydrogen-bond donors (Lipinski definition) is 1. The van der Waals surface area contributed by atoms with Crippen molar-refractivity contribution in [3.8, 4) is 0 Å². The number of carbonyl (C=O) groups excluding carboxylic acids is 1. The summed E-state index contributed by atoms with van der Waals surface area (Å²) in [7, 11) is -3.51. The summed E-state index contributed by atoms with van der Waals surface area (Å²) in [5.74, 6) is -0.0611. The summed E-state index contributed by atoms with van der Waals surface area (Å²) in [5, 5.41) is 9.18. The number of sulfone groups is 1. The quantitative estimate of drug-likeness (QED) is 0.825. The second kappa shape index (κ2) is 5.26. The van der Waals surface area contributed by atoms with Crippen molar-refractivity contribution in [2.24, 2.45) is 0 Å². The molecule has 0 aliphatic heterocycles. The van der Waals surface area contributed by atoms with E-state index in [-0.39, 0.29) is 11.8 Å². The Hall–Kier alpha value is -1.44. The van der Waals surface area contributed by atoms with E-state index in [2.05, 4.69) is 15.5 Å². The van der Waals surface area contributed by atoms with Gasteiger partial charge >= 0.3 is 5.22 Å². The Morgan fingerprint density at radius 3 is 2.59 bits per heavy atom. The average Bonchev–Trinajstić information content (AvgIpc) is 2.65. The molecule has 1 N–H and O–H groups in total. The number of amides is 1. The van der Waals surface area contributed by atoms with Crippen molar-refractivity contribution in [2.75, 3.05) is 6.26 Å². The van der Waals surface area contributed by atoms with Gasteiger partial charge in [-0.1, -0.05) is 12.0 Å². The van der Waals surface area contributed by atoms with E-state index in [0.29, 0.717) is 6.42 Å².